The molecule has 2 heterocycles. The standard InChI is InChI=1S/C23H26N4O8.Na/c1-5-10-32-18-12-16(30-3)24-22(26-18)34-14-8-7-9-15(20(14)21(28)29)35-23-25-17(31-4)13-19(27-23)33-11-6-2;/h7-9,12-13H,5-6,10-11H2,1-4H3,(H,28,29);/q;+1/p-1. The van der Waals surface area contributed by atoms with Gasteiger partial charge in [0.05, 0.1) is 51.1 Å². The average Bonchev–Trinajstić information content (AvgIpc) is 2.85. The van der Waals surface area contributed by atoms with Crippen LogP contribution in [-0.2, 0) is 0 Å². The third-order valence-corrected chi connectivity index (χ3v) is 4.24. The van der Waals surface area contributed by atoms with Crippen molar-refractivity contribution in [2.75, 3.05) is 27.4 Å². The molecule has 0 unspecified atom stereocenters. The fourth-order valence-corrected chi connectivity index (χ4v) is 2.71. The molecule has 0 bridgehead atoms. The van der Waals surface area contributed by atoms with Gasteiger partial charge in [0.15, 0.2) is 0 Å². The number of aromatic nitrogens is 4. The number of methoxy groups -OCH3 is 2. The van der Waals surface area contributed by atoms with Gasteiger partial charge in [0, 0.05) is 0 Å². The van der Waals surface area contributed by atoms with Crippen LogP contribution in [0.25, 0.3) is 0 Å². The normalized spacial score (nSPS) is 10.1. The number of carboxylic acid groups (broad SMARTS) is 1. The van der Waals surface area contributed by atoms with Crippen LogP contribution in [-0.4, -0.2) is 53.3 Å². The molecule has 0 N–H and O–H groups in total. The molecule has 0 atom stereocenters. The van der Waals surface area contributed by atoms with Crippen molar-refractivity contribution in [3.05, 3.63) is 35.9 Å². The number of carbonyl (C=O) groups is 1. The fourth-order valence-electron chi connectivity index (χ4n) is 2.71. The van der Waals surface area contributed by atoms with Crippen LogP contribution in [0.4, 0.5) is 0 Å². The zero-order valence-corrected chi connectivity index (χ0v) is 22.8. The van der Waals surface area contributed by atoms with E-state index in [0.29, 0.717) is 13.2 Å². The first kappa shape index (κ1) is 28.9. The average molecular weight is 508 g/mol. The molecule has 13 heteroatoms. The zero-order chi connectivity index (χ0) is 25.2. The summed E-state index contributed by atoms with van der Waals surface area (Å²) in [5.74, 6) is -1.07. The maximum atomic E-state index is 12.0. The predicted octanol–water partition coefficient (Wildman–Crippen LogP) is -0.186. The van der Waals surface area contributed by atoms with E-state index in [1.807, 2.05) is 13.8 Å². The number of carbonyl (C=O) groups excluding carboxylic acids is 1. The summed E-state index contributed by atoms with van der Waals surface area (Å²) >= 11 is 0. The summed E-state index contributed by atoms with van der Waals surface area (Å²) in [5.41, 5.74) is -0.405. The quantitative estimate of drug-likeness (QED) is 0.282. The molecule has 0 saturated carbocycles. The van der Waals surface area contributed by atoms with Gasteiger partial charge in [-0.2, -0.15) is 19.9 Å². The van der Waals surface area contributed by atoms with Crippen LogP contribution in [0.3, 0.4) is 0 Å². The van der Waals surface area contributed by atoms with E-state index in [-0.39, 0.29) is 76.6 Å². The van der Waals surface area contributed by atoms with Crippen molar-refractivity contribution < 1.29 is 67.9 Å². The number of hydrogen-bond acceptors (Lipinski definition) is 12. The topological polar surface area (TPSA) is 147 Å². The van der Waals surface area contributed by atoms with E-state index in [4.69, 9.17) is 28.4 Å². The summed E-state index contributed by atoms with van der Waals surface area (Å²) < 4.78 is 32.6. The van der Waals surface area contributed by atoms with Crippen molar-refractivity contribution in [2.24, 2.45) is 0 Å². The number of rotatable bonds is 13. The summed E-state index contributed by atoms with van der Waals surface area (Å²) in [7, 11) is 2.84. The first-order valence-corrected chi connectivity index (χ1v) is 10.8. The Morgan fingerprint density at radius 3 is 1.56 bits per heavy atom. The molecule has 0 spiro atoms. The van der Waals surface area contributed by atoms with Crippen LogP contribution in [0.15, 0.2) is 30.3 Å². The zero-order valence-electron chi connectivity index (χ0n) is 20.8. The molecule has 1 aromatic carbocycles. The van der Waals surface area contributed by atoms with Crippen LogP contribution in [0.1, 0.15) is 37.0 Å². The Labute approximate surface area is 230 Å². The molecule has 0 aliphatic rings. The molecule has 2 aromatic heterocycles. The molecular formula is C23H25N4NaO8. The van der Waals surface area contributed by atoms with Crippen LogP contribution in [0.5, 0.6) is 47.0 Å². The second-order valence-electron chi connectivity index (χ2n) is 6.88. The van der Waals surface area contributed by atoms with Gasteiger partial charge >= 0.3 is 41.6 Å². The number of benzene rings is 1. The summed E-state index contributed by atoms with van der Waals surface area (Å²) in [6.07, 6.45) is 1.52. The van der Waals surface area contributed by atoms with Crippen LogP contribution in [0.2, 0.25) is 0 Å². The van der Waals surface area contributed by atoms with Crippen LogP contribution >= 0.6 is 0 Å². The Bertz CT molecular complexity index is 1090. The molecule has 0 aliphatic carbocycles. The number of aromatic carboxylic acids is 1. The first-order chi connectivity index (χ1) is 17.0. The second-order valence-corrected chi connectivity index (χ2v) is 6.88. The van der Waals surface area contributed by atoms with E-state index in [1.54, 1.807) is 0 Å². The van der Waals surface area contributed by atoms with Gasteiger partial charge in [0.2, 0.25) is 23.5 Å². The summed E-state index contributed by atoms with van der Waals surface area (Å²) in [6.45, 7) is 4.71. The third-order valence-electron chi connectivity index (χ3n) is 4.24. The number of nitrogens with zero attached hydrogens (tertiary/aromatic N) is 4. The Morgan fingerprint density at radius 1 is 0.778 bits per heavy atom. The molecule has 0 fully saturated rings. The van der Waals surface area contributed by atoms with Gasteiger partial charge in [-0.1, -0.05) is 19.9 Å². The van der Waals surface area contributed by atoms with Crippen molar-refractivity contribution in [3.63, 3.8) is 0 Å². The van der Waals surface area contributed by atoms with Crippen molar-refractivity contribution in [2.45, 2.75) is 26.7 Å². The number of ether oxygens (including phenoxy) is 6. The van der Waals surface area contributed by atoms with E-state index in [0.717, 1.165) is 12.8 Å². The fraction of sp³-hybridized carbons (Fsp3) is 0.348. The molecule has 36 heavy (non-hydrogen) atoms. The monoisotopic (exact) mass is 508 g/mol. The van der Waals surface area contributed by atoms with Gasteiger partial charge in [0.1, 0.15) is 11.5 Å². The van der Waals surface area contributed by atoms with Crippen molar-refractivity contribution in [3.8, 4) is 47.0 Å². The minimum absolute atomic E-state index is 0. The van der Waals surface area contributed by atoms with Gasteiger partial charge in [0.25, 0.3) is 0 Å². The second kappa shape index (κ2) is 14.3. The van der Waals surface area contributed by atoms with Gasteiger partial charge in [-0.15, -0.1) is 0 Å². The van der Waals surface area contributed by atoms with Crippen molar-refractivity contribution in [1.82, 2.24) is 19.9 Å². The van der Waals surface area contributed by atoms with Gasteiger partial charge < -0.3 is 38.3 Å². The van der Waals surface area contributed by atoms with Gasteiger partial charge in [-0.05, 0) is 25.0 Å². The minimum atomic E-state index is -1.56. The minimum Gasteiger partial charge on any atom is -0.545 e. The molecule has 0 saturated heterocycles. The molecule has 0 radical (unpaired) electrons. The molecule has 12 nitrogen and oxygen atoms in total. The first-order valence-electron chi connectivity index (χ1n) is 10.8. The van der Waals surface area contributed by atoms with E-state index in [2.05, 4.69) is 19.9 Å². The van der Waals surface area contributed by atoms with E-state index in [1.165, 1.54) is 44.6 Å². The van der Waals surface area contributed by atoms with E-state index in [9.17, 15) is 9.90 Å². The predicted molar refractivity (Wildman–Crippen MR) is 120 cm³/mol. The Morgan fingerprint density at radius 2 is 1.19 bits per heavy atom. The summed E-state index contributed by atoms with van der Waals surface area (Å²) in [4.78, 5) is 28.5. The molecule has 3 aromatic rings. The molecule has 3 rings (SSSR count). The summed E-state index contributed by atoms with van der Waals surface area (Å²) in [5, 5.41) is 12.0. The Kier molecular flexibility index (Phi) is 11.4. The largest absolute Gasteiger partial charge is 1.00 e. The van der Waals surface area contributed by atoms with Crippen LogP contribution < -0.4 is 63.1 Å². The third kappa shape index (κ3) is 7.83. The molecule has 186 valence electrons. The number of carboxylic acids is 1. The Balaban J connectivity index is 0.00000456. The van der Waals surface area contributed by atoms with Gasteiger partial charge in [-0.3, -0.25) is 0 Å². The smallest absolute Gasteiger partial charge is 0.545 e. The summed E-state index contributed by atoms with van der Waals surface area (Å²) in [6, 6.07) is 6.90. The molecule has 0 aliphatic heterocycles. The van der Waals surface area contributed by atoms with Crippen LogP contribution in [0, 0.1) is 0 Å². The van der Waals surface area contributed by atoms with Gasteiger partial charge in [-0.25, -0.2) is 0 Å². The van der Waals surface area contributed by atoms with Crippen molar-refractivity contribution in [1.29, 1.82) is 0 Å². The maximum Gasteiger partial charge on any atom is 1.00 e. The molecular weight excluding hydrogens is 483 g/mol. The number of hydrogen-bond donors (Lipinski definition) is 0. The van der Waals surface area contributed by atoms with E-state index >= 15 is 0 Å². The van der Waals surface area contributed by atoms with Crippen molar-refractivity contribution >= 4 is 5.97 Å². The molecule has 0 amide bonds. The maximum absolute atomic E-state index is 12.0. The Hall–Kier alpha value is -3.35. The SMILES string of the molecule is CCCOc1cc(OC)nc(Oc2cccc(Oc3nc(OC)cc(OCCC)n3)c2C(=O)[O-])n1.[Na+]. The van der Waals surface area contributed by atoms with E-state index < -0.39 is 11.5 Å².